The van der Waals surface area contributed by atoms with Gasteiger partial charge in [0.2, 0.25) is 5.91 Å². The van der Waals surface area contributed by atoms with Gasteiger partial charge in [-0.1, -0.05) is 43.2 Å². The van der Waals surface area contributed by atoms with Gasteiger partial charge >= 0.3 is 6.09 Å². The number of rotatable bonds is 5. The lowest BCUT2D eigenvalue weighted by molar-refractivity contribution is -0.122. The van der Waals surface area contributed by atoms with E-state index in [0.29, 0.717) is 6.42 Å². The molecule has 1 aromatic rings. The average molecular weight is 306 g/mol. The van der Waals surface area contributed by atoms with E-state index in [2.05, 4.69) is 10.6 Å². The smallest absolute Gasteiger partial charge is 0.407 e. The number of aliphatic hydroxyl groups is 1. The first-order chi connectivity index (χ1) is 10.6. The molecule has 1 aliphatic rings. The first-order valence-electron chi connectivity index (χ1n) is 7.57. The van der Waals surface area contributed by atoms with Gasteiger partial charge in [0.15, 0.2) is 0 Å². The summed E-state index contributed by atoms with van der Waals surface area (Å²) in [7, 11) is 0. The first kappa shape index (κ1) is 16.3. The van der Waals surface area contributed by atoms with Crippen LogP contribution in [0.2, 0.25) is 0 Å². The van der Waals surface area contributed by atoms with Crippen molar-refractivity contribution >= 4 is 12.0 Å². The van der Waals surface area contributed by atoms with Crippen LogP contribution in [0.5, 0.6) is 0 Å². The van der Waals surface area contributed by atoms with Crippen LogP contribution in [0.4, 0.5) is 4.79 Å². The second-order valence-corrected chi connectivity index (χ2v) is 5.44. The molecule has 1 saturated carbocycles. The maximum absolute atomic E-state index is 11.7. The van der Waals surface area contributed by atoms with Crippen molar-refractivity contribution < 1.29 is 19.4 Å². The van der Waals surface area contributed by atoms with Crippen LogP contribution in [0.3, 0.4) is 0 Å². The number of alkyl carbamates (subject to hydrolysis) is 1. The Labute approximate surface area is 129 Å². The van der Waals surface area contributed by atoms with E-state index >= 15 is 0 Å². The summed E-state index contributed by atoms with van der Waals surface area (Å²) in [6.45, 7) is 0.00642. The summed E-state index contributed by atoms with van der Waals surface area (Å²) in [5, 5.41) is 14.9. The third kappa shape index (κ3) is 5.37. The molecular formula is C16H22N2O4. The molecule has 3 N–H and O–H groups in total. The third-order valence-electron chi connectivity index (χ3n) is 3.68. The number of aliphatic hydroxyl groups excluding tert-OH is 1. The molecule has 0 bridgehead atoms. The monoisotopic (exact) mass is 306 g/mol. The number of hydrogen-bond donors (Lipinski definition) is 3. The zero-order valence-electron chi connectivity index (χ0n) is 12.5. The van der Waals surface area contributed by atoms with E-state index in [-0.39, 0.29) is 25.1 Å². The summed E-state index contributed by atoms with van der Waals surface area (Å²) in [6.07, 6.45) is 2.32. The van der Waals surface area contributed by atoms with Crippen molar-refractivity contribution in [3.8, 4) is 0 Å². The minimum absolute atomic E-state index is 0.156. The Hall–Kier alpha value is -2.08. The SMILES string of the molecule is O=C(CNC(=O)OCc1ccccc1)NC1CCCCC1O. The van der Waals surface area contributed by atoms with Gasteiger partial charge in [-0.25, -0.2) is 4.79 Å². The van der Waals surface area contributed by atoms with Gasteiger partial charge in [0, 0.05) is 0 Å². The molecule has 2 unspecified atom stereocenters. The van der Waals surface area contributed by atoms with E-state index in [1.165, 1.54) is 0 Å². The number of nitrogens with one attached hydrogen (secondary N) is 2. The summed E-state index contributed by atoms with van der Waals surface area (Å²) in [4.78, 5) is 23.3. The van der Waals surface area contributed by atoms with Crippen molar-refractivity contribution in [1.82, 2.24) is 10.6 Å². The van der Waals surface area contributed by atoms with Crippen LogP contribution in [-0.2, 0) is 16.1 Å². The predicted octanol–water partition coefficient (Wildman–Crippen LogP) is 1.33. The van der Waals surface area contributed by atoms with E-state index in [4.69, 9.17) is 4.74 Å². The van der Waals surface area contributed by atoms with Gasteiger partial charge in [-0.2, -0.15) is 0 Å². The summed E-state index contributed by atoms with van der Waals surface area (Å²) in [6, 6.07) is 9.09. The van der Waals surface area contributed by atoms with Crippen LogP contribution in [-0.4, -0.2) is 35.8 Å². The van der Waals surface area contributed by atoms with Gasteiger partial charge in [0.1, 0.15) is 13.2 Å². The largest absolute Gasteiger partial charge is 0.445 e. The fraction of sp³-hybridized carbons (Fsp3) is 0.500. The first-order valence-corrected chi connectivity index (χ1v) is 7.57. The van der Waals surface area contributed by atoms with E-state index in [1.807, 2.05) is 30.3 Å². The number of benzene rings is 1. The van der Waals surface area contributed by atoms with Gasteiger partial charge in [-0.05, 0) is 18.4 Å². The van der Waals surface area contributed by atoms with Gasteiger partial charge in [-0.3, -0.25) is 4.79 Å². The van der Waals surface area contributed by atoms with Crippen LogP contribution >= 0.6 is 0 Å². The standard InChI is InChI=1S/C16H22N2O4/c19-14-9-5-4-8-13(14)18-15(20)10-17-16(21)22-11-12-6-2-1-3-7-12/h1-3,6-7,13-14,19H,4-5,8-11H2,(H,17,21)(H,18,20). The highest BCUT2D eigenvalue weighted by Gasteiger charge is 2.24. The molecule has 2 rings (SSSR count). The Morgan fingerprint density at radius 2 is 1.91 bits per heavy atom. The zero-order chi connectivity index (χ0) is 15.8. The molecule has 0 spiro atoms. The minimum atomic E-state index is -0.636. The predicted molar refractivity (Wildman–Crippen MR) is 81.0 cm³/mol. The number of amides is 2. The third-order valence-corrected chi connectivity index (χ3v) is 3.68. The number of ether oxygens (including phenoxy) is 1. The Kier molecular flexibility index (Phi) is 6.21. The number of hydrogen-bond acceptors (Lipinski definition) is 4. The Balaban J connectivity index is 1.64. The fourth-order valence-electron chi connectivity index (χ4n) is 2.46. The van der Waals surface area contributed by atoms with Crippen molar-refractivity contribution in [3.05, 3.63) is 35.9 Å². The highest BCUT2D eigenvalue weighted by molar-refractivity contribution is 5.82. The molecule has 120 valence electrons. The van der Waals surface area contributed by atoms with Crippen LogP contribution in [0.15, 0.2) is 30.3 Å². The molecule has 1 fully saturated rings. The van der Waals surface area contributed by atoms with Crippen LogP contribution < -0.4 is 10.6 Å². The average Bonchev–Trinajstić information content (AvgIpc) is 2.54. The summed E-state index contributed by atoms with van der Waals surface area (Å²) >= 11 is 0. The van der Waals surface area contributed by atoms with Crippen molar-refractivity contribution in [2.75, 3.05) is 6.54 Å². The van der Waals surface area contributed by atoms with Crippen LogP contribution in [0.1, 0.15) is 31.2 Å². The van der Waals surface area contributed by atoms with Crippen molar-refractivity contribution in [2.45, 2.75) is 44.4 Å². The highest BCUT2D eigenvalue weighted by Crippen LogP contribution is 2.18. The summed E-state index contributed by atoms with van der Waals surface area (Å²) in [5.41, 5.74) is 0.882. The number of carbonyl (C=O) groups excluding carboxylic acids is 2. The molecule has 0 aliphatic heterocycles. The van der Waals surface area contributed by atoms with E-state index in [9.17, 15) is 14.7 Å². The molecule has 0 saturated heterocycles. The van der Waals surface area contributed by atoms with Crippen LogP contribution in [0, 0.1) is 0 Å². The molecule has 2 atom stereocenters. The van der Waals surface area contributed by atoms with Gasteiger partial charge in [-0.15, -0.1) is 0 Å². The zero-order valence-corrected chi connectivity index (χ0v) is 12.5. The summed E-state index contributed by atoms with van der Waals surface area (Å²) < 4.78 is 5.01. The van der Waals surface area contributed by atoms with Gasteiger partial charge in [0.05, 0.1) is 12.1 Å². The Bertz CT molecular complexity index is 492. The van der Waals surface area contributed by atoms with Crippen molar-refractivity contribution in [3.63, 3.8) is 0 Å². The molecule has 0 radical (unpaired) electrons. The Morgan fingerprint density at radius 1 is 1.18 bits per heavy atom. The molecule has 6 heteroatoms. The maximum atomic E-state index is 11.7. The van der Waals surface area contributed by atoms with Crippen molar-refractivity contribution in [2.24, 2.45) is 0 Å². The topological polar surface area (TPSA) is 87.7 Å². The van der Waals surface area contributed by atoms with Gasteiger partial charge in [0.25, 0.3) is 0 Å². The second kappa shape index (κ2) is 8.38. The molecule has 0 aromatic heterocycles. The molecular weight excluding hydrogens is 284 g/mol. The fourth-order valence-corrected chi connectivity index (χ4v) is 2.46. The van der Waals surface area contributed by atoms with Gasteiger partial charge < -0.3 is 20.5 Å². The quantitative estimate of drug-likeness (QED) is 0.766. The molecule has 6 nitrogen and oxygen atoms in total. The molecule has 2 amide bonds. The Morgan fingerprint density at radius 3 is 2.64 bits per heavy atom. The highest BCUT2D eigenvalue weighted by atomic mass is 16.5. The lowest BCUT2D eigenvalue weighted by Gasteiger charge is -2.28. The molecule has 1 aromatic carbocycles. The van der Waals surface area contributed by atoms with Crippen LogP contribution in [0.25, 0.3) is 0 Å². The lowest BCUT2D eigenvalue weighted by Crippen LogP contribution is -2.48. The summed E-state index contributed by atoms with van der Waals surface area (Å²) in [5.74, 6) is -0.317. The number of carbonyl (C=O) groups is 2. The second-order valence-electron chi connectivity index (χ2n) is 5.44. The minimum Gasteiger partial charge on any atom is -0.445 e. The van der Waals surface area contributed by atoms with E-state index in [1.54, 1.807) is 0 Å². The van der Waals surface area contributed by atoms with Crippen molar-refractivity contribution in [1.29, 1.82) is 0 Å². The lowest BCUT2D eigenvalue weighted by atomic mass is 9.92. The maximum Gasteiger partial charge on any atom is 0.407 e. The van der Waals surface area contributed by atoms with E-state index < -0.39 is 12.2 Å². The van der Waals surface area contributed by atoms with E-state index in [0.717, 1.165) is 24.8 Å². The normalized spacial score (nSPS) is 21.0. The molecule has 22 heavy (non-hydrogen) atoms. The molecule has 0 heterocycles. The molecule has 1 aliphatic carbocycles.